The van der Waals surface area contributed by atoms with Gasteiger partial charge in [0.25, 0.3) is 0 Å². The number of fused-ring (bicyclic) bond motifs is 2. The lowest BCUT2D eigenvalue weighted by molar-refractivity contribution is 0.0976. The van der Waals surface area contributed by atoms with Gasteiger partial charge in [0.15, 0.2) is 23.1 Å². The first-order valence-corrected chi connectivity index (χ1v) is 6.15. The van der Waals surface area contributed by atoms with Gasteiger partial charge in [-0.1, -0.05) is 24.3 Å². The fourth-order valence-electron chi connectivity index (χ4n) is 2.61. The first-order chi connectivity index (χ1) is 9.56. The topological polar surface area (TPSA) is 63.6 Å². The minimum absolute atomic E-state index is 0.0242. The van der Waals surface area contributed by atoms with Gasteiger partial charge in [-0.15, -0.1) is 0 Å². The van der Waals surface area contributed by atoms with Crippen LogP contribution in [0.15, 0.2) is 30.3 Å². The summed E-state index contributed by atoms with van der Waals surface area (Å²) in [7, 11) is 1.41. The predicted molar refractivity (Wildman–Crippen MR) is 72.7 cm³/mol. The third kappa shape index (κ3) is 1.48. The highest BCUT2D eigenvalue weighted by Gasteiger charge is 2.33. The van der Waals surface area contributed by atoms with Crippen molar-refractivity contribution in [3.05, 3.63) is 58.1 Å². The molecule has 1 aliphatic rings. The van der Waals surface area contributed by atoms with E-state index in [0.717, 1.165) is 0 Å². The minimum Gasteiger partial charge on any atom is -0.504 e. The van der Waals surface area contributed by atoms with Crippen molar-refractivity contribution in [2.24, 2.45) is 0 Å². The Morgan fingerprint density at radius 1 is 1.00 bits per heavy atom. The van der Waals surface area contributed by atoms with Crippen LogP contribution < -0.4 is 4.74 Å². The molecule has 100 valence electrons. The molecule has 20 heavy (non-hydrogen) atoms. The summed E-state index contributed by atoms with van der Waals surface area (Å²) in [5, 5.41) is 10.2. The number of methoxy groups -OCH3 is 1. The van der Waals surface area contributed by atoms with Crippen LogP contribution in [0, 0.1) is 6.92 Å². The van der Waals surface area contributed by atoms with Gasteiger partial charge in [0.2, 0.25) is 0 Å². The second-order valence-electron chi connectivity index (χ2n) is 4.70. The molecule has 0 amide bonds. The molecule has 1 N–H and O–H groups in total. The van der Waals surface area contributed by atoms with Crippen molar-refractivity contribution in [2.75, 3.05) is 7.11 Å². The quantitative estimate of drug-likeness (QED) is 0.736. The molecule has 0 saturated carbocycles. The van der Waals surface area contributed by atoms with E-state index >= 15 is 0 Å². The summed E-state index contributed by atoms with van der Waals surface area (Å²) >= 11 is 0. The molecule has 3 rings (SSSR count). The standard InChI is InChI=1S/C16H12O4/c1-8-7-11-12(15(19)16(8)20-2)14(18)10-6-4-3-5-9(10)13(11)17/h3-7,19H,1-2H3. The number of benzene rings is 2. The number of phenols is 1. The maximum Gasteiger partial charge on any atom is 0.198 e. The van der Waals surface area contributed by atoms with Gasteiger partial charge in [-0.05, 0) is 18.6 Å². The van der Waals surface area contributed by atoms with Crippen LogP contribution in [-0.2, 0) is 0 Å². The molecule has 0 aromatic heterocycles. The summed E-state index contributed by atoms with van der Waals surface area (Å²) in [5.41, 5.74) is 1.55. The monoisotopic (exact) mass is 268 g/mol. The molecule has 0 unspecified atom stereocenters. The van der Waals surface area contributed by atoms with Crippen LogP contribution in [0.5, 0.6) is 11.5 Å². The number of aromatic hydroxyl groups is 1. The minimum atomic E-state index is -0.356. The number of aryl methyl sites for hydroxylation is 1. The van der Waals surface area contributed by atoms with Gasteiger partial charge in [0.05, 0.1) is 12.7 Å². The Labute approximate surface area is 115 Å². The van der Waals surface area contributed by atoms with Gasteiger partial charge in [-0.25, -0.2) is 0 Å². The molecule has 1 aliphatic carbocycles. The molecule has 0 atom stereocenters. The van der Waals surface area contributed by atoms with Gasteiger partial charge in [-0.2, -0.15) is 0 Å². The van der Waals surface area contributed by atoms with E-state index in [1.807, 2.05) is 0 Å². The van der Waals surface area contributed by atoms with Crippen molar-refractivity contribution in [1.29, 1.82) is 0 Å². The molecule has 0 heterocycles. The number of rotatable bonds is 1. The van der Waals surface area contributed by atoms with E-state index in [0.29, 0.717) is 16.7 Å². The van der Waals surface area contributed by atoms with E-state index in [1.165, 1.54) is 7.11 Å². The zero-order valence-corrected chi connectivity index (χ0v) is 11.1. The van der Waals surface area contributed by atoms with Gasteiger partial charge < -0.3 is 9.84 Å². The SMILES string of the molecule is COc1c(C)cc2c(c1O)C(=O)c1ccccc1C2=O. The lowest BCUT2D eigenvalue weighted by Gasteiger charge is -2.20. The Hall–Kier alpha value is -2.62. The number of hydrogen-bond acceptors (Lipinski definition) is 4. The highest BCUT2D eigenvalue weighted by Crippen LogP contribution is 2.40. The third-order valence-electron chi connectivity index (χ3n) is 3.53. The molecular formula is C16H12O4. The number of hydrogen-bond donors (Lipinski definition) is 1. The van der Waals surface area contributed by atoms with Crippen LogP contribution in [0.3, 0.4) is 0 Å². The van der Waals surface area contributed by atoms with Crippen molar-refractivity contribution in [3.8, 4) is 11.5 Å². The Morgan fingerprint density at radius 2 is 1.60 bits per heavy atom. The van der Waals surface area contributed by atoms with Crippen molar-refractivity contribution in [1.82, 2.24) is 0 Å². The number of carbonyl (C=O) groups is 2. The van der Waals surface area contributed by atoms with E-state index in [9.17, 15) is 14.7 Å². The van der Waals surface area contributed by atoms with Crippen molar-refractivity contribution in [3.63, 3.8) is 0 Å². The maximum absolute atomic E-state index is 12.5. The average molecular weight is 268 g/mol. The number of phenolic OH excluding ortho intramolecular Hbond substituents is 1. The zero-order valence-electron chi connectivity index (χ0n) is 11.1. The predicted octanol–water partition coefficient (Wildman–Crippen LogP) is 2.48. The van der Waals surface area contributed by atoms with Crippen LogP contribution in [0.4, 0.5) is 0 Å². The first-order valence-electron chi connectivity index (χ1n) is 6.15. The van der Waals surface area contributed by atoms with Crippen LogP contribution in [0.25, 0.3) is 0 Å². The summed E-state index contributed by atoms with van der Waals surface area (Å²) < 4.78 is 5.10. The summed E-state index contributed by atoms with van der Waals surface area (Å²) in [5.74, 6) is -0.651. The van der Waals surface area contributed by atoms with E-state index in [2.05, 4.69) is 0 Å². The first kappa shape index (κ1) is 12.4. The fraction of sp³-hybridized carbons (Fsp3) is 0.125. The molecule has 0 saturated heterocycles. The summed E-state index contributed by atoms with van der Waals surface area (Å²) in [6.07, 6.45) is 0. The lowest BCUT2D eigenvalue weighted by Crippen LogP contribution is -2.21. The molecule has 4 heteroatoms. The van der Waals surface area contributed by atoms with Crippen LogP contribution >= 0.6 is 0 Å². The highest BCUT2D eigenvalue weighted by atomic mass is 16.5. The van der Waals surface area contributed by atoms with Crippen molar-refractivity contribution in [2.45, 2.75) is 6.92 Å². The van der Waals surface area contributed by atoms with Crippen LogP contribution in [0.1, 0.15) is 37.4 Å². The average Bonchev–Trinajstić information content (AvgIpc) is 2.45. The Kier molecular flexibility index (Phi) is 2.61. The van der Waals surface area contributed by atoms with Gasteiger partial charge in [0.1, 0.15) is 0 Å². The molecule has 2 aromatic rings. The third-order valence-corrected chi connectivity index (χ3v) is 3.53. The zero-order chi connectivity index (χ0) is 14.4. The molecule has 0 radical (unpaired) electrons. The highest BCUT2D eigenvalue weighted by molar-refractivity contribution is 6.29. The number of ketones is 2. The van der Waals surface area contributed by atoms with Gasteiger partial charge in [0, 0.05) is 16.7 Å². The molecule has 4 nitrogen and oxygen atoms in total. The molecule has 0 spiro atoms. The normalized spacial score (nSPS) is 12.9. The number of carbonyl (C=O) groups excluding carboxylic acids is 2. The molecule has 0 fully saturated rings. The van der Waals surface area contributed by atoms with Gasteiger partial charge >= 0.3 is 0 Å². The number of ether oxygens (including phenoxy) is 1. The lowest BCUT2D eigenvalue weighted by atomic mass is 9.82. The molecule has 2 aromatic carbocycles. The Balaban J connectivity index is 2.37. The molecular weight excluding hydrogens is 256 g/mol. The van der Waals surface area contributed by atoms with E-state index in [-0.39, 0.29) is 34.2 Å². The molecule has 0 aliphatic heterocycles. The summed E-state index contributed by atoms with van der Waals surface area (Å²) in [4.78, 5) is 24.9. The van der Waals surface area contributed by atoms with E-state index in [1.54, 1.807) is 37.3 Å². The fourth-order valence-corrected chi connectivity index (χ4v) is 2.61. The summed E-state index contributed by atoms with van der Waals surface area (Å²) in [6.45, 7) is 1.72. The second-order valence-corrected chi connectivity index (χ2v) is 4.70. The smallest absolute Gasteiger partial charge is 0.198 e. The largest absolute Gasteiger partial charge is 0.504 e. The van der Waals surface area contributed by atoms with Crippen molar-refractivity contribution < 1.29 is 19.4 Å². The van der Waals surface area contributed by atoms with E-state index in [4.69, 9.17) is 4.74 Å². The Morgan fingerprint density at radius 3 is 2.20 bits per heavy atom. The summed E-state index contributed by atoms with van der Waals surface area (Å²) in [6, 6.07) is 8.20. The Bertz CT molecular complexity index is 759. The van der Waals surface area contributed by atoms with Gasteiger partial charge in [-0.3, -0.25) is 9.59 Å². The second kappa shape index (κ2) is 4.20. The van der Waals surface area contributed by atoms with Crippen molar-refractivity contribution >= 4 is 11.6 Å². The molecule has 0 bridgehead atoms. The maximum atomic E-state index is 12.5. The van der Waals surface area contributed by atoms with E-state index < -0.39 is 0 Å². The van der Waals surface area contributed by atoms with Crippen LogP contribution in [0.2, 0.25) is 0 Å². The van der Waals surface area contributed by atoms with Crippen LogP contribution in [-0.4, -0.2) is 23.8 Å².